The van der Waals surface area contributed by atoms with E-state index in [1.807, 2.05) is 12.1 Å². The third-order valence-corrected chi connectivity index (χ3v) is 4.09. The van der Waals surface area contributed by atoms with Crippen LogP contribution in [0.5, 0.6) is 0 Å². The summed E-state index contributed by atoms with van der Waals surface area (Å²) in [5.74, 6) is 0.143. The summed E-state index contributed by atoms with van der Waals surface area (Å²) in [5.41, 5.74) is 14.7. The van der Waals surface area contributed by atoms with Crippen molar-refractivity contribution in [2.45, 2.75) is 25.7 Å². The number of furan rings is 1. The van der Waals surface area contributed by atoms with E-state index in [9.17, 15) is 4.79 Å². The lowest BCUT2D eigenvalue weighted by Crippen LogP contribution is -2.01. The molecule has 0 aliphatic carbocycles. The molecule has 0 radical (unpaired) electrons. The van der Waals surface area contributed by atoms with Crippen molar-refractivity contribution >= 4 is 28.8 Å². The van der Waals surface area contributed by atoms with Gasteiger partial charge in [0.15, 0.2) is 0 Å². The maximum absolute atomic E-state index is 11.4. The number of aryl methyl sites for hydroxylation is 2. The maximum atomic E-state index is 11.4. The van der Waals surface area contributed by atoms with Crippen LogP contribution in [0.1, 0.15) is 34.3 Å². The highest BCUT2D eigenvalue weighted by molar-refractivity contribution is 5.89. The lowest BCUT2D eigenvalue weighted by molar-refractivity contribution is 0.0600. The van der Waals surface area contributed by atoms with E-state index in [4.69, 9.17) is 20.6 Å². The van der Waals surface area contributed by atoms with Crippen LogP contribution in [0.15, 0.2) is 34.9 Å². The topological polar surface area (TPSA) is 117 Å². The van der Waals surface area contributed by atoms with Gasteiger partial charge >= 0.3 is 5.97 Å². The fourth-order valence-corrected chi connectivity index (χ4v) is 2.80. The number of nitrogen functional groups attached to an aromatic ring is 2. The predicted octanol–water partition coefficient (Wildman–Crippen LogP) is 2.74. The molecule has 3 rings (SSSR count). The lowest BCUT2D eigenvalue weighted by Gasteiger charge is -2.04. The van der Waals surface area contributed by atoms with Crippen molar-refractivity contribution in [3.05, 3.63) is 47.2 Å². The molecule has 130 valence electrons. The Hall–Kier alpha value is -3.09. The van der Waals surface area contributed by atoms with E-state index in [0.29, 0.717) is 17.1 Å². The average Bonchev–Trinajstić information content (AvgIpc) is 3.01. The number of nitrogens with zero attached hydrogens (tertiary/aromatic N) is 2. The predicted molar refractivity (Wildman–Crippen MR) is 95.1 cm³/mol. The number of rotatable bonds is 6. The average molecular weight is 340 g/mol. The van der Waals surface area contributed by atoms with Gasteiger partial charge in [-0.15, -0.1) is 0 Å². The molecule has 0 fully saturated rings. The number of nitrogens with two attached hydrogens (primary N) is 2. The van der Waals surface area contributed by atoms with Crippen LogP contribution in [0.3, 0.4) is 0 Å². The van der Waals surface area contributed by atoms with Crippen LogP contribution in [-0.2, 0) is 17.6 Å². The zero-order chi connectivity index (χ0) is 17.8. The summed E-state index contributed by atoms with van der Waals surface area (Å²) in [6, 6.07) is 7.47. The molecule has 1 aromatic carbocycles. The third kappa shape index (κ3) is 3.71. The highest BCUT2D eigenvalue weighted by Crippen LogP contribution is 2.26. The Morgan fingerprint density at radius 2 is 1.84 bits per heavy atom. The summed E-state index contributed by atoms with van der Waals surface area (Å²) >= 11 is 0. The van der Waals surface area contributed by atoms with E-state index >= 15 is 0 Å². The lowest BCUT2D eigenvalue weighted by atomic mass is 10.0. The Kier molecular flexibility index (Phi) is 4.83. The van der Waals surface area contributed by atoms with Gasteiger partial charge in [0.1, 0.15) is 5.82 Å². The number of hydrogen-bond acceptors (Lipinski definition) is 7. The number of methoxy groups -OCH3 is 1. The number of fused-ring (bicyclic) bond motifs is 1. The molecule has 0 aliphatic heterocycles. The van der Waals surface area contributed by atoms with Gasteiger partial charge in [-0.3, -0.25) is 0 Å². The smallest absolute Gasteiger partial charge is 0.337 e. The van der Waals surface area contributed by atoms with Gasteiger partial charge in [0.25, 0.3) is 0 Å². The van der Waals surface area contributed by atoms with E-state index in [-0.39, 0.29) is 11.9 Å². The molecule has 0 spiro atoms. The van der Waals surface area contributed by atoms with E-state index in [1.165, 1.54) is 12.7 Å². The molecule has 0 unspecified atom stereocenters. The molecule has 25 heavy (non-hydrogen) atoms. The number of ether oxygens (including phenoxy) is 1. The Labute approximate surface area is 145 Å². The molecular weight excluding hydrogens is 320 g/mol. The normalized spacial score (nSPS) is 10.9. The second-order valence-corrected chi connectivity index (χ2v) is 5.80. The largest absolute Gasteiger partial charge is 0.465 e. The molecule has 0 aliphatic rings. The standard InChI is InChI=1S/C18H20N4O3/c1-24-17(23)12-8-6-11(7-9-12)4-2-3-5-13-10-25-16-14(13)15(19)21-18(20)22-16/h6-10H,2-5H2,1H3,(H4,19,20,21,22). The van der Waals surface area contributed by atoms with Gasteiger partial charge in [-0.2, -0.15) is 9.97 Å². The Balaban J connectivity index is 1.56. The van der Waals surface area contributed by atoms with Crippen molar-refractivity contribution in [2.24, 2.45) is 0 Å². The van der Waals surface area contributed by atoms with E-state index in [0.717, 1.165) is 36.6 Å². The number of benzene rings is 1. The first-order valence-electron chi connectivity index (χ1n) is 8.05. The molecule has 0 amide bonds. The van der Waals surface area contributed by atoms with Crippen LogP contribution in [0.2, 0.25) is 0 Å². The fraction of sp³-hybridized carbons (Fsp3) is 0.278. The minimum absolute atomic E-state index is 0.112. The summed E-state index contributed by atoms with van der Waals surface area (Å²) in [7, 11) is 1.38. The van der Waals surface area contributed by atoms with Crippen LogP contribution < -0.4 is 11.5 Å². The zero-order valence-electron chi connectivity index (χ0n) is 14.0. The molecule has 4 N–H and O–H groups in total. The van der Waals surface area contributed by atoms with Crippen LogP contribution in [0.4, 0.5) is 11.8 Å². The monoisotopic (exact) mass is 340 g/mol. The summed E-state index contributed by atoms with van der Waals surface area (Å²) in [6.07, 6.45) is 5.39. The van der Waals surface area contributed by atoms with E-state index in [2.05, 4.69) is 9.97 Å². The van der Waals surface area contributed by atoms with Crippen LogP contribution >= 0.6 is 0 Å². The molecule has 7 nitrogen and oxygen atoms in total. The van der Waals surface area contributed by atoms with E-state index < -0.39 is 0 Å². The summed E-state index contributed by atoms with van der Waals surface area (Å²) < 4.78 is 10.1. The number of esters is 1. The van der Waals surface area contributed by atoms with Crippen molar-refractivity contribution in [1.82, 2.24) is 9.97 Å². The first-order valence-corrected chi connectivity index (χ1v) is 8.05. The quantitative estimate of drug-likeness (QED) is 0.523. The summed E-state index contributed by atoms with van der Waals surface area (Å²) in [4.78, 5) is 19.4. The van der Waals surface area contributed by atoms with Gasteiger partial charge < -0.3 is 20.6 Å². The molecular formula is C18H20N4O3. The highest BCUT2D eigenvalue weighted by Gasteiger charge is 2.12. The van der Waals surface area contributed by atoms with Crippen molar-refractivity contribution in [1.29, 1.82) is 0 Å². The second kappa shape index (κ2) is 7.21. The molecule has 0 saturated carbocycles. The second-order valence-electron chi connectivity index (χ2n) is 5.80. The van der Waals surface area contributed by atoms with Crippen LogP contribution in [0, 0.1) is 0 Å². The van der Waals surface area contributed by atoms with Crippen molar-refractivity contribution in [3.63, 3.8) is 0 Å². The minimum Gasteiger partial charge on any atom is -0.465 e. The van der Waals surface area contributed by atoms with Gasteiger partial charge in [0, 0.05) is 5.56 Å². The molecule has 7 heteroatoms. The van der Waals surface area contributed by atoms with Crippen molar-refractivity contribution < 1.29 is 13.9 Å². The molecule has 0 saturated heterocycles. The number of unbranched alkanes of at least 4 members (excludes halogenated alkanes) is 1. The first kappa shape index (κ1) is 16.8. The van der Waals surface area contributed by atoms with Gasteiger partial charge in [-0.05, 0) is 43.4 Å². The van der Waals surface area contributed by atoms with E-state index in [1.54, 1.807) is 18.4 Å². The number of anilines is 2. The van der Waals surface area contributed by atoms with Crippen LogP contribution in [-0.4, -0.2) is 23.0 Å². The molecule has 3 aromatic rings. The fourth-order valence-electron chi connectivity index (χ4n) is 2.80. The summed E-state index contributed by atoms with van der Waals surface area (Å²) in [6.45, 7) is 0. The van der Waals surface area contributed by atoms with Gasteiger partial charge in [-0.1, -0.05) is 12.1 Å². The summed E-state index contributed by atoms with van der Waals surface area (Å²) in [5, 5.41) is 0.747. The number of aromatic nitrogens is 2. The SMILES string of the molecule is COC(=O)c1ccc(CCCCc2coc3nc(N)nc(N)c23)cc1. The van der Waals surface area contributed by atoms with Gasteiger partial charge in [-0.25, -0.2) is 4.79 Å². The molecule has 0 atom stereocenters. The molecule has 2 heterocycles. The third-order valence-electron chi connectivity index (χ3n) is 4.09. The minimum atomic E-state index is -0.321. The Morgan fingerprint density at radius 3 is 2.56 bits per heavy atom. The number of carbonyl (C=O) groups excluding carboxylic acids is 1. The highest BCUT2D eigenvalue weighted by atomic mass is 16.5. The van der Waals surface area contributed by atoms with Crippen LogP contribution in [0.25, 0.3) is 11.1 Å². The maximum Gasteiger partial charge on any atom is 0.337 e. The van der Waals surface area contributed by atoms with Crippen molar-refractivity contribution in [2.75, 3.05) is 18.6 Å². The zero-order valence-corrected chi connectivity index (χ0v) is 14.0. The number of hydrogen-bond donors (Lipinski definition) is 2. The van der Waals surface area contributed by atoms with Gasteiger partial charge in [0.2, 0.25) is 11.7 Å². The van der Waals surface area contributed by atoms with Crippen molar-refractivity contribution in [3.8, 4) is 0 Å². The Morgan fingerprint density at radius 1 is 1.12 bits per heavy atom. The molecule has 0 bridgehead atoms. The Bertz CT molecular complexity index is 887. The molecule has 2 aromatic heterocycles. The number of carbonyl (C=O) groups is 1. The van der Waals surface area contributed by atoms with Gasteiger partial charge in [0.05, 0.1) is 24.3 Å². The first-order chi connectivity index (χ1) is 12.1.